The molecule has 0 bridgehead atoms. The Morgan fingerprint density at radius 1 is 1.14 bits per heavy atom. The zero-order valence-electron chi connectivity index (χ0n) is 11.5. The van der Waals surface area contributed by atoms with Gasteiger partial charge in [0.2, 0.25) is 0 Å². The first-order valence-corrected chi connectivity index (χ1v) is 7.04. The molecule has 1 aromatic rings. The van der Waals surface area contributed by atoms with Crippen LogP contribution in [0.2, 0.25) is 0 Å². The molecule has 0 unspecified atom stereocenters. The highest BCUT2D eigenvalue weighted by molar-refractivity contribution is 5.83. The van der Waals surface area contributed by atoms with Gasteiger partial charge < -0.3 is 20.3 Å². The summed E-state index contributed by atoms with van der Waals surface area (Å²) in [7, 11) is 0. The van der Waals surface area contributed by atoms with Gasteiger partial charge in [-0.2, -0.15) is 0 Å². The van der Waals surface area contributed by atoms with Crippen LogP contribution in [0.1, 0.15) is 6.42 Å². The normalized spacial score (nSPS) is 22.3. The van der Waals surface area contributed by atoms with Crippen LogP contribution < -0.4 is 20.3 Å². The molecule has 21 heavy (non-hydrogen) atoms. The van der Waals surface area contributed by atoms with Crippen LogP contribution in [0.15, 0.2) is 12.1 Å². The topological polar surface area (TPSA) is 53.6 Å². The molecule has 0 saturated carbocycles. The van der Waals surface area contributed by atoms with Crippen LogP contribution in [0.5, 0.6) is 5.75 Å². The van der Waals surface area contributed by atoms with E-state index in [2.05, 4.69) is 10.6 Å². The van der Waals surface area contributed by atoms with Gasteiger partial charge in [0.15, 0.2) is 17.7 Å². The number of hydrogen-bond acceptors (Lipinski definition) is 4. The highest BCUT2D eigenvalue weighted by Gasteiger charge is 2.28. The fourth-order valence-electron chi connectivity index (χ4n) is 2.59. The molecule has 2 N–H and O–H groups in total. The standard InChI is InChI=1S/C14H17F2N3O2/c15-9-7-10(16)13(21-12-1-2-18-14(12)20)8-11(9)19-5-3-17-4-6-19/h7-8,12,17H,1-6H2,(H,18,20)/t12-/m1/s1. The van der Waals surface area contributed by atoms with E-state index in [0.717, 1.165) is 19.2 Å². The molecule has 7 heteroatoms. The Hall–Kier alpha value is -1.89. The highest BCUT2D eigenvalue weighted by Crippen LogP contribution is 2.29. The van der Waals surface area contributed by atoms with Gasteiger partial charge in [-0.3, -0.25) is 4.79 Å². The number of halogens is 2. The number of amides is 1. The molecule has 5 nitrogen and oxygen atoms in total. The van der Waals surface area contributed by atoms with Gasteiger partial charge in [-0.05, 0) is 0 Å². The molecule has 2 aliphatic rings. The Balaban J connectivity index is 1.84. The lowest BCUT2D eigenvalue weighted by atomic mass is 10.2. The van der Waals surface area contributed by atoms with E-state index in [1.54, 1.807) is 0 Å². The fraction of sp³-hybridized carbons (Fsp3) is 0.500. The second kappa shape index (κ2) is 5.85. The SMILES string of the molecule is O=C1NCC[C@H]1Oc1cc(N2CCNCC2)c(F)cc1F. The van der Waals surface area contributed by atoms with E-state index in [-0.39, 0.29) is 11.7 Å². The monoisotopic (exact) mass is 297 g/mol. The average Bonchev–Trinajstić information content (AvgIpc) is 2.88. The molecular formula is C14H17F2N3O2. The van der Waals surface area contributed by atoms with E-state index in [9.17, 15) is 13.6 Å². The molecule has 1 amide bonds. The van der Waals surface area contributed by atoms with E-state index < -0.39 is 17.7 Å². The summed E-state index contributed by atoms with van der Waals surface area (Å²) in [5.41, 5.74) is 0.311. The van der Waals surface area contributed by atoms with E-state index >= 15 is 0 Å². The number of hydrogen-bond donors (Lipinski definition) is 2. The maximum atomic E-state index is 14.0. The van der Waals surface area contributed by atoms with E-state index in [0.29, 0.717) is 31.7 Å². The van der Waals surface area contributed by atoms with Crippen LogP contribution in [0.3, 0.4) is 0 Å². The summed E-state index contributed by atoms with van der Waals surface area (Å²) in [5, 5.41) is 5.79. The van der Waals surface area contributed by atoms with E-state index in [1.807, 2.05) is 4.90 Å². The maximum absolute atomic E-state index is 14.0. The van der Waals surface area contributed by atoms with Crippen molar-refractivity contribution in [2.45, 2.75) is 12.5 Å². The Morgan fingerprint density at radius 2 is 1.90 bits per heavy atom. The number of carbonyl (C=O) groups excluding carboxylic acids is 1. The molecule has 2 saturated heterocycles. The van der Waals surface area contributed by atoms with Crippen molar-refractivity contribution in [3.63, 3.8) is 0 Å². The first-order valence-electron chi connectivity index (χ1n) is 7.04. The van der Waals surface area contributed by atoms with E-state index in [4.69, 9.17) is 4.74 Å². The van der Waals surface area contributed by atoms with Gasteiger partial charge in [-0.25, -0.2) is 8.78 Å². The van der Waals surface area contributed by atoms with Crippen molar-refractivity contribution in [1.82, 2.24) is 10.6 Å². The number of ether oxygens (including phenoxy) is 1. The van der Waals surface area contributed by atoms with Crippen molar-refractivity contribution in [3.05, 3.63) is 23.8 Å². The fourth-order valence-corrected chi connectivity index (χ4v) is 2.59. The Kier molecular flexibility index (Phi) is 3.92. The predicted octanol–water partition coefficient (Wildman–Crippen LogP) is 0.642. The number of nitrogens with zero attached hydrogens (tertiary/aromatic N) is 1. The Labute approximate surface area is 121 Å². The molecule has 1 atom stereocenters. The zero-order valence-corrected chi connectivity index (χ0v) is 11.5. The molecule has 1 aromatic carbocycles. The molecule has 2 aliphatic heterocycles. The molecule has 2 heterocycles. The first kappa shape index (κ1) is 14.1. The van der Waals surface area contributed by atoms with Crippen molar-refractivity contribution < 1.29 is 18.3 Å². The van der Waals surface area contributed by atoms with Gasteiger partial charge in [0.25, 0.3) is 5.91 Å². The van der Waals surface area contributed by atoms with Crippen LogP contribution in [0.4, 0.5) is 14.5 Å². The van der Waals surface area contributed by atoms with Crippen LogP contribution in [-0.4, -0.2) is 44.7 Å². The highest BCUT2D eigenvalue weighted by atomic mass is 19.1. The minimum atomic E-state index is -0.786. The second-order valence-electron chi connectivity index (χ2n) is 5.16. The molecule has 0 aliphatic carbocycles. The second-order valence-corrected chi connectivity index (χ2v) is 5.16. The minimum absolute atomic E-state index is 0.0769. The van der Waals surface area contributed by atoms with Gasteiger partial charge in [-0.15, -0.1) is 0 Å². The van der Waals surface area contributed by atoms with E-state index in [1.165, 1.54) is 6.07 Å². The van der Waals surface area contributed by atoms with Crippen molar-refractivity contribution in [3.8, 4) is 5.75 Å². The van der Waals surface area contributed by atoms with Crippen LogP contribution in [0, 0.1) is 11.6 Å². The average molecular weight is 297 g/mol. The minimum Gasteiger partial charge on any atom is -0.477 e. The smallest absolute Gasteiger partial charge is 0.261 e. The number of benzene rings is 1. The summed E-state index contributed by atoms with van der Waals surface area (Å²) in [6.45, 7) is 3.30. The number of rotatable bonds is 3. The Bertz CT molecular complexity index is 547. The number of anilines is 1. The van der Waals surface area contributed by atoms with Crippen molar-refractivity contribution in [2.75, 3.05) is 37.6 Å². The number of piperazine rings is 1. The summed E-state index contributed by atoms with van der Waals surface area (Å²) in [4.78, 5) is 13.3. The molecule has 0 radical (unpaired) electrons. The molecule has 0 spiro atoms. The van der Waals surface area contributed by atoms with Gasteiger partial charge in [0.1, 0.15) is 5.82 Å². The third-order valence-corrected chi connectivity index (χ3v) is 3.73. The lowest BCUT2D eigenvalue weighted by molar-refractivity contribution is -0.124. The predicted molar refractivity (Wildman–Crippen MR) is 73.5 cm³/mol. The zero-order chi connectivity index (χ0) is 14.8. The molecule has 114 valence electrons. The van der Waals surface area contributed by atoms with Crippen molar-refractivity contribution in [1.29, 1.82) is 0 Å². The lowest BCUT2D eigenvalue weighted by Crippen LogP contribution is -2.43. The maximum Gasteiger partial charge on any atom is 0.261 e. The van der Waals surface area contributed by atoms with Crippen molar-refractivity contribution in [2.24, 2.45) is 0 Å². The summed E-state index contributed by atoms with van der Waals surface area (Å²) in [5.74, 6) is -1.74. The Morgan fingerprint density at radius 3 is 2.57 bits per heavy atom. The summed E-state index contributed by atoms with van der Waals surface area (Å²) < 4.78 is 33.2. The van der Waals surface area contributed by atoms with Crippen LogP contribution in [-0.2, 0) is 4.79 Å². The summed E-state index contributed by atoms with van der Waals surface area (Å²) in [6, 6.07) is 2.17. The molecular weight excluding hydrogens is 280 g/mol. The number of nitrogens with one attached hydrogen (secondary N) is 2. The van der Waals surface area contributed by atoms with Gasteiger partial charge in [-0.1, -0.05) is 0 Å². The number of carbonyl (C=O) groups is 1. The van der Waals surface area contributed by atoms with Crippen LogP contribution >= 0.6 is 0 Å². The molecule has 0 aromatic heterocycles. The van der Waals surface area contributed by atoms with Gasteiger partial charge in [0, 0.05) is 51.3 Å². The summed E-state index contributed by atoms with van der Waals surface area (Å²) >= 11 is 0. The largest absolute Gasteiger partial charge is 0.477 e. The quantitative estimate of drug-likeness (QED) is 0.860. The lowest BCUT2D eigenvalue weighted by Gasteiger charge is -2.30. The molecule has 3 rings (SSSR count). The third-order valence-electron chi connectivity index (χ3n) is 3.73. The third kappa shape index (κ3) is 2.92. The summed E-state index contributed by atoms with van der Waals surface area (Å²) in [6.07, 6.45) is -0.223. The first-order chi connectivity index (χ1) is 10.1. The van der Waals surface area contributed by atoms with Crippen LogP contribution in [0.25, 0.3) is 0 Å². The molecule has 2 fully saturated rings. The van der Waals surface area contributed by atoms with Crippen molar-refractivity contribution >= 4 is 11.6 Å². The van der Waals surface area contributed by atoms with Gasteiger partial charge >= 0.3 is 0 Å². The van der Waals surface area contributed by atoms with Gasteiger partial charge in [0.05, 0.1) is 5.69 Å².